The maximum absolute atomic E-state index is 4.59. The summed E-state index contributed by atoms with van der Waals surface area (Å²) in [4.78, 5) is 12.3. The predicted molar refractivity (Wildman–Crippen MR) is 33.4 cm³/mol. The molecule has 2 rings (SSSR count). The molecule has 1 aliphatic heterocycles. The van der Waals surface area contributed by atoms with Gasteiger partial charge in [-0.3, -0.25) is 0 Å². The lowest BCUT2D eigenvalue weighted by Gasteiger charge is -1.89. The Morgan fingerprint density at radius 3 is 3.40 bits per heavy atom. The van der Waals surface area contributed by atoms with Crippen molar-refractivity contribution in [3.63, 3.8) is 0 Å². The van der Waals surface area contributed by atoms with E-state index >= 15 is 0 Å². The van der Waals surface area contributed by atoms with Gasteiger partial charge in [0.2, 0.25) is 0 Å². The van der Waals surface area contributed by atoms with Crippen LogP contribution in [-0.2, 0) is 4.84 Å². The lowest BCUT2D eigenvalue weighted by Crippen LogP contribution is -2.31. The molecule has 2 heterocycles. The van der Waals surface area contributed by atoms with Gasteiger partial charge in [-0.25, -0.2) is 9.97 Å². The van der Waals surface area contributed by atoms with Gasteiger partial charge < -0.3 is 4.84 Å². The zero-order valence-corrected chi connectivity index (χ0v) is 4.98. The summed E-state index contributed by atoms with van der Waals surface area (Å²) in [6.07, 6.45) is 4.53. The van der Waals surface area contributed by atoms with E-state index in [4.69, 9.17) is 0 Å². The summed E-state index contributed by atoms with van der Waals surface area (Å²) in [6, 6.07) is 0. The van der Waals surface area contributed by atoms with Crippen LogP contribution in [0.2, 0.25) is 0 Å². The van der Waals surface area contributed by atoms with Crippen LogP contribution in [-0.4, -0.2) is 15.8 Å². The smallest absolute Gasteiger partial charge is 0.150 e. The third-order valence-corrected chi connectivity index (χ3v) is 1.13. The highest BCUT2D eigenvalue weighted by Gasteiger charge is 1.88. The minimum absolute atomic E-state index is 0.713. The molecule has 48 valence electrons. The highest BCUT2D eigenvalue weighted by atomic mass is 16.6. The highest BCUT2D eigenvalue weighted by molar-refractivity contribution is 5.52. The number of nitrogens with zero attached hydrogens (tertiary/aromatic N) is 3. The Hall–Kier alpha value is -1.67. The standard InChI is InChI=1S/C6H3N3O/c1-5-2-9-10-3-6(5)8-4-7-1/h1,3-4H. The molecule has 0 atom stereocenters. The van der Waals surface area contributed by atoms with E-state index in [2.05, 4.69) is 25.8 Å². The predicted octanol–water partition coefficient (Wildman–Crippen LogP) is -1.50. The monoisotopic (exact) mass is 133 g/mol. The first-order valence-electron chi connectivity index (χ1n) is 2.72. The van der Waals surface area contributed by atoms with Gasteiger partial charge >= 0.3 is 0 Å². The first kappa shape index (κ1) is 5.14. The summed E-state index contributed by atoms with van der Waals surface area (Å²) in [7, 11) is 0. The van der Waals surface area contributed by atoms with E-state index in [1.165, 1.54) is 12.6 Å². The molecule has 4 nitrogen and oxygen atoms in total. The molecule has 0 bridgehead atoms. The van der Waals surface area contributed by atoms with Crippen molar-refractivity contribution in [1.29, 1.82) is 0 Å². The molecular formula is C6H3N3O. The summed E-state index contributed by atoms with van der Waals surface area (Å²) in [5.74, 6) is 2.61. The summed E-state index contributed by atoms with van der Waals surface area (Å²) >= 11 is 0. The van der Waals surface area contributed by atoms with Gasteiger partial charge in [0, 0.05) is 12.1 Å². The number of hydrogen-bond donors (Lipinski definition) is 0. The second-order valence-corrected chi connectivity index (χ2v) is 1.75. The van der Waals surface area contributed by atoms with Gasteiger partial charge in [0.15, 0.2) is 0 Å². The second-order valence-electron chi connectivity index (χ2n) is 1.75. The molecule has 0 radical (unpaired) electrons. The fraction of sp³-hybridized carbons (Fsp3) is 0. The molecular weight excluding hydrogens is 130 g/mol. The molecule has 0 unspecified atom stereocenters. The van der Waals surface area contributed by atoms with Crippen LogP contribution in [0.1, 0.15) is 0 Å². The zero-order valence-electron chi connectivity index (χ0n) is 4.98. The molecule has 0 aliphatic carbocycles. The zero-order chi connectivity index (χ0) is 6.81. The van der Waals surface area contributed by atoms with Crippen molar-refractivity contribution < 1.29 is 4.84 Å². The van der Waals surface area contributed by atoms with Crippen LogP contribution in [0.5, 0.6) is 0 Å². The fourth-order valence-electron chi connectivity index (χ4n) is 0.671. The van der Waals surface area contributed by atoms with E-state index in [0.29, 0.717) is 5.35 Å². The molecule has 1 aromatic heterocycles. The normalized spacial score (nSPS) is 12.4. The average molecular weight is 133 g/mol. The average Bonchev–Trinajstić information content (AvgIpc) is 2.05. The van der Waals surface area contributed by atoms with Crippen LogP contribution in [0, 0.1) is 0 Å². The molecule has 1 aromatic rings. The summed E-state index contributed by atoms with van der Waals surface area (Å²) < 4.78 is 0. The van der Waals surface area contributed by atoms with Gasteiger partial charge in [-0.1, -0.05) is 0 Å². The SMILES string of the molecule is C1=NOC=c2ncncc2=1. The lowest BCUT2D eigenvalue weighted by atomic mass is 10.4. The molecule has 0 N–H and O–H groups in total. The van der Waals surface area contributed by atoms with E-state index < -0.39 is 0 Å². The Morgan fingerprint density at radius 1 is 1.50 bits per heavy atom. The summed E-state index contributed by atoms with van der Waals surface area (Å²) in [5.41, 5.74) is 0. The van der Waals surface area contributed by atoms with E-state index in [-0.39, 0.29) is 0 Å². The number of fused-ring (bicyclic) bond motifs is 1. The van der Waals surface area contributed by atoms with Crippen molar-refractivity contribution in [3.05, 3.63) is 23.1 Å². The van der Waals surface area contributed by atoms with Crippen LogP contribution in [0.3, 0.4) is 0 Å². The lowest BCUT2D eigenvalue weighted by molar-refractivity contribution is 0.316. The third kappa shape index (κ3) is 0.674. The summed E-state index contributed by atoms with van der Waals surface area (Å²) in [6.45, 7) is 0. The Balaban J connectivity index is 3.01. The third-order valence-electron chi connectivity index (χ3n) is 1.13. The first-order chi connectivity index (χ1) is 4.97. The number of rotatable bonds is 0. The Morgan fingerprint density at radius 2 is 2.50 bits per heavy atom. The van der Waals surface area contributed by atoms with Gasteiger partial charge in [-0.05, 0) is 5.16 Å². The molecule has 0 amide bonds. The van der Waals surface area contributed by atoms with Gasteiger partial charge in [0.25, 0.3) is 0 Å². The van der Waals surface area contributed by atoms with E-state index in [9.17, 15) is 0 Å². The Bertz CT molecular complexity index is 392. The molecule has 0 fully saturated rings. The van der Waals surface area contributed by atoms with Crippen molar-refractivity contribution in [2.75, 3.05) is 0 Å². The minimum Gasteiger partial charge on any atom is -0.354 e. The van der Waals surface area contributed by atoms with Crippen molar-refractivity contribution >= 4 is 12.1 Å². The Kier molecular flexibility index (Phi) is 0.993. The van der Waals surface area contributed by atoms with Crippen LogP contribution >= 0.6 is 0 Å². The van der Waals surface area contributed by atoms with E-state index in [1.807, 2.05) is 0 Å². The molecule has 0 saturated heterocycles. The fourth-order valence-corrected chi connectivity index (χ4v) is 0.671. The molecule has 0 spiro atoms. The number of hydrogen-bond acceptors (Lipinski definition) is 4. The largest absolute Gasteiger partial charge is 0.354 e. The van der Waals surface area contributed by atoms with Crippen LogP contribution < -0.4 is 10.6 Å². The highest BCUT2D eigenvalue weighted by Crippen LogP contribution is 1.72. The topological polar surface area (TPSA) is 47.4 Å². The maximum Gasteiger partial charge on any atom is 0.150 e. The van der Waals surface area contributed by atoms with Crippen molar-refractivity contribution in [1.82, 2.24) is 9.97 Å². The first-order valence-corrected chi connectivity index (χ1v) is 2.72. The van der Waals surface area contributed by atoms with Crippen molar-refractivity contribution in [3.8, 4) is 0 Å². The van der Waals surface area contributed by atoms with E-state index in [0.717, 1.165) is 5.22 Å². The molecule has 0 aromatic carbocycles. The molecule has 4 heteroatoms. The maximum atomic E-state index is 4.59. The molecule has 0 saturated carbocycles. The van der Waals surface area contributed by atoms with E-state index in [1.54, 1.807) is 6.20 Å². The quantitative estimate of drug-likeness (QED) is 0.432. The summed E-state index contributed by atoms with van der Waals surface area (Å²) in [5, 5.41) is 4.90. The van der Waals surface area contributed by atoms with Gasteiger partial charge in [0.05, 0.1) is 5.22 Å². The van der Waals surface area contributed by atoms with Crippen LogP contribution in [0.15, 0.2) is 17.7 Å². The van der Waals surface area contributed by atoms with Crippen molar-refractivity contribution in [2.24, 2.45) is 5.16 Å². The molecule has 1 aliphatic rings. The van der Waals surface area contributed by atoms with Gasteiger partial charge in [-0.2, -0.15) is 0 Å². The van der Waals surface area contributed by atoms with Crippen molar-refractivity contribution in [2.45, 2.75) is 0 Å². The minimum atomic E-state index is 0.713. The van der Waals surface area contributed by atoms with Gasteiger partial charge in [-0.15, -0.1) is 0 Å². The second kappa shape index (κ2) is 1.93. The van der Waals surface area contributed by atoms with Crippen LogP contribution in [0.4, 0.5) is 0 Å². The molecule has 10 heavy (non-hydrogen) atoms. The Labute approximate surface area is 56.2 Å². The van der Waals surface area contributed by atoms with Gasteiger partial charge in [0.1, 0.15) is 17.9 Å². The van der Waals surface area contributed by atoms with Crippen LogP contribution in [0.25, 0.3) is 6.26 Å². The number of aromatic nitrogens is 2.